The fourth-order valence-electron chi connectivity index (χ4n) is 3.07. The van der Waals surface area contributed by atoms with Crippen LogP contribution in [-0.4, -0.2) is 53.3 Å². The first-order valence-electron chi connectivity index (χ1n) is 9.19. The lowest BCUT2D eigenvalue weighted by atomic mass is 10.2. The Morgan fingerprint density at radius 3 is 2.43 bits per heavy atom. The molecule has 0 aliphatic carbocycles. The summed E-state index contributed by atoms with van der Waals surface area (Å²) in [5.74, 6) is 0.384. The average molecular weight is 379 g/mol. The normalized spacial score (nSPS) is 14.7. The van der Waals surface area contributed by atoms with Crippen LogP contribution in [0.3, 0.4) is 0 Å². The number of hydrogen-bond donors (Lipinski definition) is 2. The minimum absolute atomic E-state index is 0.226. The molecule has 0 unspecified atom stereocenters. The standard InChI is InChI=1S/C20H22FN7/c1-27-10-12-28(13-11-27)16-8-6-15(7-9-16)23-19-14-22-26-20(25-19)24-18-5-3-2-4-17(18)21/h2-9,14H,10-13H2,1H3,(H2,23,24,25,26). The van der Waals surface area contributed by atoms with Gasteiger partial charge in [-0.05, 0) is 43.4 Å². The predicted molar refractivity (Wildman–Crippen MR) is 109 cm³/mol. The third kappa shape index (κ3) is 4.34. The molecule has 2 N–H and O–H groups in total. The summed E-state index contributed by atoms with van der Waals surface area (Å²) in [4.78, 5) is 9.06. The molecule has 7 nitrogen and oxygen atoms in total. The van der Waals surface area contributed by atoms with Crippen LogP contribution in [0.25, 0.3) is 0 Å². The molecule has 28 heavy (non-hydrogen) atoms. The van der Waals surface area contributed by atoms with Crippen LogP contribution in [0.15, 0.2) is 54.7 Å². The Hall–Kier alpha value is -3.26. The number of nitrogens with zero attached hydrogens (tertiary/aromatic N) is 5. The number of rotatable bonds is 5. The van der Waals surface area contributed by atoms with E-state index in [1.807, 2.05) is 12.1 Å². The molecule has 1 fully saturated rings. The summed E-state index contributed by atoms with van der Waals surface area (Å²) in [6.45, 7) is 4.21. The smallest absolute Gasteiger partial charge is 0.249 e. The van der Waals surface area contributed by atoms with Gasteiger partial charge in [0.2, 0.25) is 5.95 Å². The van der Waals surface area contributed by atoms with Gasteiger partial charge in [-0.15, -0.1) is 5.10 Å². The van der Waals surface area contributed by atoms with Crippen LogP contribution in [0.1, 0.15) is 0 Å². The van der Waals surface area contributed by atoms with E-state index in [-0.39, 0.29) is 11.8 Å². The zero-order valence-corrected chi connectivity index (χ0v) is 15.6. The van der Waals surface area contributed by atoms with Crippen molar-refractivity contribution in [3.05, 3.63) is 60.5 Å². The van der Waals surface area contributed by atoms with Crippen LogP contribution in [0.5, 0.6) is 0 Å². The second kappa shape index (κ2) is 8.18. The first-order valence-corrected chi connectivity index (χ1v) is 9.19. The zero-order valence-electron chi connectivity index (χ0n) is 15.6. The van der Waals surface area contributed by atoms with Crippen LogP contribution in [0.4, 0.5) is 33.2 Å². The molecule has 0 radical (unpaired) electrons. The SMILES string of the molecule is CN1CCN(c2ccc(Nc3cnnc(Nc4ccccc4F)n3)cc2)CC1. The van der Waals surface area contributed by atoms with E-state index < -0.39 is 0 Å². The van der Waals surface area contributed by atoms with Crippen LogP contribution < -0.4 is 15.5 Å². The molecule has 0 saturated carbocycles. The zero-order chi connectivity index (χ0) is 19.3. The quantitative estimate of drug-likeness (QED) is 0.705. The van der Waals surface area contributed by atoms with E-state index in [4.69, 9.17) is 0 Å². The Kier molecular flexibility index (Phi) is 5.29. The number of hydrogen-bond acceptors (Lipinski definition) is 7. The summed E-state index contributed by atoms with van der Waals surface area (Å²) in [7, 11) is 2.15. The molecule has 4 rings (SSSR count). The van der Waals surface area contributed by atoms with E-state index in [9.17, 15) is 4.39 Å². The molecule has 1 aliphatic heterocycles. The summed E-state index contributed by atoms with van der Waals surface area (Å²) < 4.78 is 13.8. The van der Waals surface area contributed by atoms with Crippen molar-refractivity contribution >= 4 is 28.8 Å². The van der Waals surface area contributed by atoms with Gasteiger partial charge in [-0.25, -0.2) is 4.39 Å². The number of benzene rings is 2. The van der Waals surface area contributed by atoms with Crippen molar-refractivity contribution in [3.8, 4) is 0 Å². The number of anilines is 5. The highest BCUT2D eigenvalue weighted by molar-refractivity contribution is 5.62. The number of piperazine rings is 1. The number of para-hydroxylation sites is 1. The molecular weight excluding hydrogens is 357 g/mol. The van der Waals surface area contributed by atoms with Gasteiger partial charge in [-0.3, -0.25) is 0 Å². The fourth-order valence-corrected chi connectivity index (χ4v) is 3.07. The highest BCUT2D eigenvalue weighted by atomic mass is 19.1. The highest BCUT2D eigenvalue weighted by Crippen LogP contribution is 2.22. The molecule has 1 saturated heterocycles. The molecule has 0 amide bonds. The van der Waals surface area contributed by atoms with Gasteiger partial charge in [0.05, 0.1) is 11.9 Å². The summed E-state index contributed by atoms with van der Waals surface area (Å²) in [6, 6.07) is 14.6. The Balaban J connectivity index is 1.42. The highest BCUT2D eigenvalue weighted by Gasteiger charge is 2.14. The van der Waals surface area contributed by atoms with E-state index in [2.05, 4.69) is 54.8 Å². The summed E-state index contributed by atoms with van der Waals surface area (Å²) in [6.07, 6.45) is 1.53. The summed E-state index contributed by atoms with van der Waals surface area (Å²) >= 11 is 0. The Bertz CT molecular complexity index is 924. The minimum atomic E-state index is -0.371. The predicted octanol–water partition coefficient (Wildman–Crippen LogP) is 3.25. The third-order valence-electron chi connectivity index (χ3n) is 4.69. The van der Waals surface area contributed by atoms with Crippen molar-refractivity contribution in [1.29, 1.82) is 0 Å². The third-order valence-corrected chi connectivity index (χ3v) is 4.69. The molecule has 144 valence electrons. The molecule has 1 aromatic heterocycles. The van der Waals surface area contributed by atoms with Crippen molar-refractivity contribution in [2.75, 3.05) is 48.8 Å². The number of likely N-dealkylation sites (N-methyl/N-ethyl adjacent to an activating group) is 1. The van der Waals surface area contributed by atoms with E-state index in [1.54, 1.807) is 18.2 Å². The minimum Gasteiger partial charge on any atom is -0.369 e. The first-order chi connectivity index (χ1) is 13.7. The molecule has 3 aromatic rings. The van der Waals surface area contributed by atoms with Crippen LogP contribution in [-0.2, 0) is 0 Å². The second-order valence-electron chi connectivity index (χ2n) is 6.73. The topological polar surface area (TPSA) is 69.2 Å². The van der Waals surface area contributed by atoms with E-state index in [1.165, 1.54) is 18.0 Å². The van der Waals surface area contributed by atoms with E-state index in [0.717, 1.165) is 31.9 Å². The molecule has 2 heterocycles. The van der Waals surface area contributed by atoms with Gasteiger partial charge < -0.3 is 20.4 Å². The van der Waals surface area contributed by atoms with Gasteiger partial charge in [0, 0.05) is 37.6 Å². The summed E-state index contributed by atoms with van der Waals surface area (Å²) in [5, 5.41) is 13.9. The van der Waals surface area contributed by atoms with Crippen LogP contribution >= 0.6 is 0 Å². The van der Waals surface area contributed by atoms with E-state index >= 15 is 0 Å². The monoisotopic (exact) mass is 379 g/mol. The Labute approximate surface area is 163 Å². The maximum atomic E-state index is 13.8. The van der Waals surface area contributed by atoms with Crippen molar-refractivity contribution in [2.45, 2.75) is 0 Å². The fraction of sp³-hybridized carbons (Fsp3) is 0.250. The molecule has 2 aromatic carbocycles. The van der Waals surface area contributed by atoms with Crippen molar-refractivity contribution in [1.82, 2.24) is 20.1 Å². The van der Waals surface area contributed by atoms with Gasteiger partial charge >= 0.3 is 0 Å². The maximum absolute atomic E-state index is 13.8. The van der Waals surface area contributed by atoms with Gasteiger partial charge in [0.15, 0.2) is 5.82 Å². The van der Waals surface area contributed by atoms with Gasteiger partial charge in [0.1, 0.15) is 5.82 Å². The lowest BCUT2D eigenvalue weighted by Gasteiger charge is -2.34. The Morgan fingerprint density at radius 2 is 1.68 bits per heavy atom. The maximum Gasteiger partial charge on any atom is 0.249 e. The summed E-state index contributed by atoms with van der Waals surface area (Å²) in [5.41, 5.74) is 2.41. The lowest BCUT2D eigenvalue weighted by Crippen LogP contribution is -2.44. The first kappa shape index (κ1) is 18.1. The Morgan fingerprint density at radius 1 is 0.929 bits per heavy atom. The second-order valence-corrected chi connectivity index (χ2v) is 6.73. The van der Waals surface area contributed by atoms with Crippen molar-refractivity contribution in [3.63, 3.8) is 0 Å². The van der Waals surface area contributed by atoms with E-state index in [0.29, 0.717) is 11.5 Å². The van der Waals surface area contributed by atoms with Gasteiger partial charge in [-0.2, -0.15) is 10.1 Å². The molecule has 1 aliphatic rings. The molecule has 0 bridgehead atoms. The van der Waals surface area contributed by atoms with Crippen LogP contribution in [0.2, 0.25) is 0 Å². The lowest BCUT2D eigenvalue weighted by molar-refractivity contribution is 0.313. The van der Waals surface area contributed by atoms with Crippen molar-refractivity contribution in [2.24, 2.45) is 0 Å². The molecular formula is C20H22FN7. The number of nitrogens with one attached hydrogen (secondary N) is 2. The number of halogens is 1. The number of aromatic nitrogens is 3. The van der Waals surface area contributed by atoms with Gasteiger partial charge in [0.25, 0.3) is 0 Å². The molecule has 0 atom stereocenters. The van der Waals surface area contributed by atoms with Crippen molar-refractivity contribution < 1.29 is 4.39 Å². The molecule has 8 heteroatoms. The largest absolute Gasteiger partial charge is 0.369 e. The van der Waals surface area contributed by atoms with Crippen LogP contribution in [0, 0.1) is 5.82 Å². The van der Waals surface area contributed by atoms with Gasteiger partial charge in [-0.1, -0.05) is 12.1 Å². The molecule has 0 spiro atoms. The average Bonchev–Trinajstić information content (AvgIpc) is 2.71.